The van der Waals surface area contributed by atoms with E-state index in [4.69, 9.17) is 4.74 Å². The Morgan fingerprint density at radius 1 is 1.38 bits per heavy atom. The number of imide groups is 1. The fraction of sp³-hybridized carbons (Fsp3) is 0.500. The number of aldehydes is 1. The van der Waals surface area contributed by atoms with Gasteiger partial charge in [-0.15, -0.1) is 0 Å². The van der Waals surface area contributed by atoms with E-state index in [0.717, 1.165) is 16.9 Å². The minimum atomic E-state index is -0.691. The zero-order chi connectivity index (χ0) is 19.1. The second-order valence-electron chi connectivity index (χ2n) is 6.29. The van der Waals surface area contributed by atoms with Crippen LogP contribution >= 0.6 is 0 Å². The van der Waals surface area contributed by atoms with Gasteiger partial charge >= 0.3 is 6.09 Å². The van der Waals surface area contributed by atoms with Gasteiger partial charge in [0.05, 0.1) is 11.5 Å². The standard InChI is InChI=1S/C18H22N2O6/c1-2-3-10-26-18(23)19-16(12-14(8-9-21)17(19)22)11-13-4-6-15(7-5-13)20(24)25/h4-7,9,14,16H,2-3,8,10-12H2,1H3. The number of hydrogen-bond acceptors (Lipinski definition) is 6. The van der Waals surface area contributed by atoms with Crippen LogP contribution in [0, 0.1) is 16.0 Å². The highest BCUT2D eigenvalue weighted by atomic mass is 16.6. The van der Waals surface area contributed by atoms with Crippen LogP contribution in [0.3, 0.4) is 0 Å². The van der Waals surface area contributed by atoms with Crippen LogP contribution in [-0.2, 0) is 20.7 Å². The Morgan fingerprint density at radius 3 is 2.65 bits per heavy atom. The van der Waals surface area contributed by atoms with Crippen LogP contribution in [0.25, 0.3) is 0 Å². The molecule has 8 nitrogen and oxygen atoms in total. The molecule has 8 heteroatoms. The number of rotatable bonds is 8. The van der Waals surface area contributed by atoms with E-state index in [2.05, 4.69) is 0 Å². The third-order valence-corrected chi connectivity index (χ3v) is 4.43. The molecule has 0 bridgehead atoms. The van der Waals surface area contributed by atoms with Crippen LogP contribution in [0.1, 0.15) is 38.2 Å². The van der Waals surface area contributed by atoms with E-state index in [1.54, 1.807) is 12.1 Å². The lowest BCUT2D eigenvalue weighted by molar-refractivity contribution is -0.384. The Kier molecular flexibility index (Phi) is 6.82. The van der Waals surface area contributed by atoms with Gasteiger partial charge in [0.2, 0.25) is 5.91 Å². The molecular formula is C18H22N2O6. The normalized spacial score (nSPS) is 19.4. The maximum atomic E-state index is 12.5. The summed E-state index contributed by atoms with van der Waals surface area (Å²) in [4.78, 5) is 47.0. The van der Waals surface area contributed by atoms with Gasteiger partial charge in [0, 0.05) is 30.5 Å². The van der Waals surface area contributed by atoms with Crippen molar-refractivity contribution in [3.05, 3.63) is 39.9 Å². The number of non-ortho nitro benzene ring substituents is 1. The number of carbonyl (C=O) groups is 3. The molecule has 2 amide bonds. The number of amides is 2. The van der Waals surface area contributed by atoms with Crippen LogP contribution < -0.4 is 0 Å². The summed E-state index contributed by atoms with van der Waals surface area (Å²) in [6, 6.07) is 5.56. The van der Waals surface area contributed by atoms with Gasteiger partial charge in [0.1, 0.15) is 6.29 Å². The van der Waals surface area contributed by atoms with Gasteiger partial charge in [-0.3, -0.25) is 14.9 Å². The summed E-state index contributed by atoms with van der Waals surface area (Å²) >= 11 is 0. The maximum Gasteiger partial charge on any atom is 0.416 e. The molecule has 0 aliphatic carbocycles. The van der Waals surface area contributed by atoms with Crippen LogP contribution in [0.4, 0.5) is 10.5 Å². The summed E-state index contributed by atoms with van der Waals surface area (Å²) in [6.07, 6.45) is 2.36. The Labute approximate surface area is 151 Å². The topological polar surface area (TPSA) is 107 Å². The van der Waals surface area contributed by atoms with Crippen molar-refractivity contribution in [3.8, 4) is 0 Å². The molecule has 0 N–H and O–H groups in total. The van der Waals surface area contributed by atoms with Crippen molar-refractivity contribution in [1.29, 1.82) is 0 Å². The minimum Gasteiger partial charge on any atom is -0.449 e. The number of nitro benzene ring substituents is 1. The monoisotopic (exact) mass is 362 g/mol. The van der Waals surface area contributed by atoms with Gasteiger partial charge in [-0.2, -0.15) is 0 Å². The SMILES string of the molecule is CCCCOC(=O)N1C(=O)C(CC=O)CC1Cc1ccc([N+](=O)[O-])cc1. The van der Waals surface area contributed by atoms with Crippen molar-refractivity contribution < 1.29 is 24.0 Å². The molecule has 0 aromatic heterocycles. The molecule has 1 saturated heterocycles. The fourth-order valence-corrected chi connectivity index (χ4v) is 3.04. The second-order valence-corrected chi connectivity index (χ2v) is 6.29. The summed E-state index contributed by atoms with van der Waals surface area (Å²) < 4.78 is 5.17. The summed E-state index contributed by atoms with van der Waals surface area (Å²) in [5.74, 6) is -0.931. The highest BCUT2D eigenvalue weighted by Gasteiger charge is 2.43. The molecule has 2 atom stereocenters. The first-order valence-electron chi connectivity index (χ1n) is 8.64. The van der Waals surface area contributed by atoms with Gasteiger partial charge in [-0.25, -0.2) is 9.69 Å². The molecule has 1 aromatic carbocycles. The Balaban J connectivity index is 2.13. The summed E-state index contributed by atoms with van der Waals surface area (Å²) in [5.41, 5.74) is 0.748. The first-order chi connectivity index (χ1) is 12.5. The third-order valence-electron chi connectivity index (χ3n) is 4.43. The molecule has 26 heavy (non-hydrogen) atoms. The zero-order valence-electron chi connectivity index (χ0n) is 14.6. The van der Waals surface area contributed by atoms with Gasteiger partial charge < -0.3 is 9.53 Å². The predicted octanol–water partition coefficient (Wildman–Crippen LogP) is 2.88. The zero-order valence-corrected chi connectivity index (χ0v) is 14.6. The molecule has 1 aliphatic heterocycles. The largest absolute Gasteiger partial charge is 0.449 e. The minimum absolute atomic E-state index is 0.0223. The number of hydrogen-bond donors (Lipinski definition) is 0. The van der Waals surface area contributed by atoms with E-state index in [1.165, 1.54) is 12.1 Å². The maximum absolute atomic E-state index is 12.5. The van der Waals surface area contributed by atoms with Crippen molar-refractivity contribution in [3.63, 3.8) is 0 Å². The molecule has 0 spiro atoms. The summed E-state index contributed by atoms with van der Waals surface area (Å²) in [7, 11) is 0. The number of unbranched alkanes of at least 4 members (excludes halogenated alkanes) is 1. The number of nitrogens with zero attached hydrogens (tertiary/aromatic N) is 2. The molecule has 1 aliphatic rings. The van der Waals surface area contributed by atoms with E-state index >= 15 is 0 Å². The Morgan fingerprint density at radius 2 is 2.08 bits per heavy atom. The first-order valence-corrected chi connectivity index (χ1v) is 8.64. The molecule has 140 valence electrons. The van der Waals surface area contributed by atoms with Crippen molar-refractivity contribution in [1.82, 2.24) is 4.90 Å². The third kappa shape index (κ3) is 4.65. The van der Waals surface area contributed by atoms with Gasteiger partial charge in [0.15, 0.2) is 0 Å². The molecule has 2 rings (SSSR count). The lowest BCUT2D eigenvalue weighted by Gasteiger charge is -2.22. The number of likely N-dealkylation sites (tertiary alicyclic amines) is 1. The number of carbonyl (C=O) groups excluding carboxylic acids is 3. The van der Waals surface area contributed by atoms with Gasteiger partial charge in [-0.1, -0.05) is 25.5 Å². The predicted molar refractivity (Wildman–Crippen MR) is 92.5 cm³/mol. The van der Waals surface area contributed by atoms with Crippen LogP contribution in [0.5, 0.6) is 0 Å². The molecular weight excluding hydrogens is 340 g/mol. The first kappa shape index (κ1) is 19.6. The average molecular weight is 362 g/mol. The van der Waals surface area contributed by atoms with E-state index in [0.29, 0.717) is 25.5 Å². The molecule has 0 radical (unpaired) electrons. The number of benzene rings is 1. The fourth-order valence-electron chi connectivity index (χ4n) is 3.04. The van der Waals surface area contributed by atoms with Crippen LogP contribution in [0.2, 0.25) is 0 Å². The van der Waals surface area contributed by atoms with E-state index in [9.17, 15) is 24.5 Å². The van der Waals surface area contributed by atoms with Gasteiger partial charge in [0.25, 0.3) is 5.69 Å². The lowest BCUT2D eigenvalue weighted by atomic mass is 9.98. The second kappa shape index (κ2) is 9.07. The van der Waals surface area contributed by atoms with E-state index in [-0.39, 0.29) is 18.7 Å². The molecule has 1 aromatic rings. The Hall–Kier alpha value is -2.77. The average Bonchev–Trinajstić information content (AvgIpc) is 2.91. The summed E-state index contributed by atoms with van der Waals surface area (Å²) in [6.45, 7) is 2.20. The smallest absolute Gasteiger partial charge is 0.416 e. The van der Waals surface area contributed by atoms with Crippen LogP contribution in [0.15, 0.2) is 24.3 Å². The molecule has 1 fully saturated rings. The molecule has 0 saturated carbocycles. The van der Waals surface area contributed by atoms with Crippen molar-refractivity contribution in [2.75, 3.05) is 6.61 Å². The van der Waals surface area contributed by atoms with E-state index in [1.807, 2.05) is 6.92 Å². The molecule has 1 heterocycles. The highest BCUT2D eigenvalue weighted by Crippen LogP contribution is 2.30. The molecule has 2 unspecified atom stereocenters. The van der Waals surface area contributed by atoms with Crippen molar-refractivity contribution in [2.45, 2.75) is 45.1 Å². The van der Waals surface area contributed by atoms with Crippen molar-refractivity contribution >= 4 is 24.0 Å². The Bertz CT molecular complexity index is 673. The number of ether oxygens (including phenoxy) is 1. The van der Waals surface area contributed by atoms with Gasteiger partial charge in [-0.05, 0) is 24.8 Å². The van der Waals surface area contributed by atoms with Crippen LogP contribution in [-0.4, -0.2) is 40.8 Å². The number of nitro groups is 1. The quantitative estimate of drug-likeness (QED) is 0.305. The highest BCUT2D eigenvalue weighted by molar-refractivity contribution is 5.96. The van der Waals surface area contributed by atoms with E-state index < -0.39 is 28.9 Å². The summed E-state index contributed by atoms with van der Waals surface area (Å²) in [5, 5.41) is 10.7. The lowest BCUT2D eigenvalue weighted by Crippen LogP contribution is -2.41. The van der Waals surface area contributed by atoms with Crippen molar-refractivity contribution in [2.24, 2.45) is 5.92 Å².